The molecule has 0 heterocycles. The summed E-state index contributed by atoms with van der Waals surface area (Å²) in [6.07, 6.45) is 5.96. The summed E-state index contributed by atoms with van der Waals surface area (Å²) in [5.74, 6) is 1.42. The fraction of sp³-hybridized carbons (Fsp3) is 0.900. The average Bonchev–Trinajstić information content (AvgIpc) is 2.17. The van der Waals surface area contributed by atoms with Gasteiger partial charge in [0.2, 0.25) is 5.91 Å². The average molecular weight is 169 g/mol. The monoisotopic (exact) mass is 169 g/mol. The van der Waals surface area contributed by atoms with Crippen LogP contribution in [0.3, 0.4) is 0 Å². The molecule has 1 aliphatic rings. The van der Waals surface area contributed by atoms with Gasteiger partial charge in [0.25, 0.3) is 0 Å². The van der Waals surface area contributed by atoms with E-state index in [2.05, 4.69) is 12.2 Å². The second-order valence-corrected chi connectivity index (χ2v) is 3.74. The molecule has 1 rings (SSSR count). The van der Waals surface area contributed by atoms with Crippen LogP contribution in [0.15, 0.2) is 0 Å². The molecule has 1 aliphatic carbocycles. The molecule has 0 aliphatic heterocycles. The number of carbonyl (C=O) groups is 1. The van der Waals surface area contributed by atoms with Crippen molar-refractivity contribution in [3.8, 4) is 0 Å². The van der Waals surface area contributed by atoms with E-state index in [-0.39, 0.29) is 5.91 Å². The minimum Gasteiger partial charge on any atom is -0.359 e. The Kier molecular flexibility index (Phi) is 3.57. The smallest absolute Gasteiger partial charge is 0.222 e. The molecule has 1 fully saturated rings. The van der Waals surface area contributed by atoms with Crippen molar-refractivity contribution in [1.29, 1.82) is 0 Å². The van der Waals surface area contributed by atoms with E-state index < -0.39 is 0 Å². The minimum atomic E-state index is 0.240. The first kappa shape index (κ1) is 9.56. The molecule has 0 aromatic carbocycles. The number of amides is 1. The van der Waals surface area contributed by atoms with Crippen molar-refractivity contribution in [3.63, 3.8) is 0 Å². The van der Waals surface area contributed by atoms with Gasteiger partial charge >= 0.3 is 0 Å². The van der Waals surface area contributed by atoms with Crippen molar-refractivity contribution in [1.82, 2.24) is 5.32 Å². The molecule has 1 N–H and O–H groups in total. The van der Waals surface area contributed by atoms with Crippen molar-refractivity contribution < 1.29 is 4.79 Å². The predicted molar refractivity (Wildman–Crippen MR) is 49.8 cm³/mol. The van der Waals surface area contributed by atoms with Crippen LogP contribution in [0.2, 0.25) is 0 Å². The molecule has 0 unspecified atom stereocenters. The van der Waals surface area contributed by atoms with Crippen LogP contribution in [0.5, 0.6) is 0 Å². The number of hydrogen-bond acceptors (Lipinski definition) is 1. The van der Waals surface area contributed by atoms with Gasteiger partial charge < -0.3 is 5.32 Å². The lowest BCUT2D eigenvalue weighted by Gasteiger charge is -2.26. The van der Waals surface area contributed by atoms with E-state index in [4.69, 9.17) is 0 Å². The molecular weight excluding hydrogens is 150 g/mol. The summed E-state index contributed by atoms with van der Waals surface area (Å²) in [7, 11) is 1.73. The van der Waals surface area contributed by atoms with Crippen LogP contribution < -0.4 is 5.32 Å². The summed E-state index contributed by atoms with van der Waals surface area (Å²) in [5.41, 5.74) is 0. The summed E-state index contributed by atoms with van der Waals surface area (Å²) in [6, 6.07) is 0. The highest BCUT2D eigenvalue weighted by atomic mass is 16.1. The highest BCUT2D eigenvalue weighted by Gasteiger charge is 2.24. The lowest BCUT2D eigenvalue weighted by Crippen LogP contribution is -2.30. The summed E-state index contributed by atoms with van der Waals surface area (Å²) < 4.78 is 0. The predicted octanol–water partition coefficient (Wildman–Crippen LogP) is 1.95. The van der Waals surface area contributed by atoms with E-state index in [0.717, 1.165) is 18.8 Å². The fourth-order valence-electron chi connectivity index (χ4n) is 2.04. The molecule has 0 radical (unpaired) electrons. The molecule has 1 amide bonds. The molecule has 1 saturated carbocycles. The van der Waals surface area contributed by atoms with Gasteiger partial charge in [0.1, 0.15) is 0 Å². The van der Waals surface area contributed by atoms with Crippen LogP contribution in [0, 0.1) is 11.8 Å². The molecule has 0 aromatic rings. The van der Waals surface area contributed by atoms with Crippen molar-refractivity contribution in [2.45, 2.75) is 39.0 Å². The Bertz CT molecular complexity index is 148. The van der Waals surface area contributed by atoms with E-state index in [9.17, 15) is 4.79 Å². The van der Waals surface area contributed by atoms with E-state index in [1.807, 2.05) is 0 Å². The van der Waals surface area contributed by atoms with Crippen molar-refractivity contribution in [2.75, 3.05) is 7.05 Å². The molecular formula is C10H19NO. The Morgan fingerprint density at radius 1 is 1.33 bits per heavy atom. The van der Waals surface area contributed by atoms with Gasteiger partial charge in [-0.15, -0.1) is 0 Å². The Morgan fingerprint density at radius 2 is 1.92 bits per heavy atom. The largest absolute Gasteiger partial charge is 0.359 e. The SMILES string of the molecule is CC[C@H]1CC[C@H](C(=O)NC)CC1. The molecule has 2 nitrogen and oxygen atoms in total. The fourth-order valence-corrected chi connectivity index (χ4v) is 2.04. The van der Waals surface area contributed by atoms with Crippen LogP contribution in [0.1, 0.15) is 39.0 Å². The maximum Gasteiger partial charge on any atom is 0.222 e. The number of hydrogen-bond donors (Lipinski definition) is 1. The Balaban J connectivity index is 2.30. The Labute approximate surface area is 74.7 Å². The van der Waals surface area contributed by atoms with Crippen LogP contribution in [-0.4, -0.2) is 13.0 Å². The molecule has 70 valence electrons. The van der Waals surface area contributed by atoms with Gasteiger partial charge in [-0.25, -0.2) is 0 Å². The Hall–Kier alpha value is -0.530. The highest BCUT2D eigenvalue weighted by molar-refractivity contribution is 5.78. The van der Waals surface area contributed by atoms with E-state index >= 15 is 0 Å². The maximum absolute atomic E-state index is 11.3. The zero-order chi connectivity index (χ0) is 8.97. The van der Waals surface area contributed by atoms with Gasteiger partial charge in [0.05, 0.1) is 0 Å². The molecule has 2 heteroatoms. The van der Waals surface area contributed by atoms with Crippen molar-refractivity contribution >= 4 is 5.91 Å². The molecule has 0 aromatic heterocycles. The summed E-state index contributed by atoms with van der Waals surface area (Å²) in [5, 5.41) is 2.73. The van der Waals surface area contributed by atoms with Crippen molar-refractivity contribution in [3.05, 3.63) is 0 Å². The number of nitrogens with one attached hydrogen (secondary N) is 1. The normalized spacial score (nSPS) is 29.8. The highest BCUT2D eigenvalue weighted by Crippen LogP contribution is 2.30. The second-order valence-electron chi connectivity index (χ2n) is 3.74. The summed E-state index contributed by atoms with van der Waals surface area (Å²) in [4.78, 5) is 11.3. The van der Waals surface area contributed by atoms with Gasteiger partial charge in [0, 0.05) is 13.0 Å². The van der Waals surface area contributed by atoms with Crippen LogP contribution >= 0.6 is 0 Å². The third kappa shape index (κ3) is 2.23. The van der Waals surface area contributed by atoms with Crippen LogP contribution in [0.4, 0.5) is 0 Å². The maximum atomic E-state index is 11.3. The molecule has 0 spiro atoms. The zero-order valence-corrected chi connectivity index (χ0v) is 8.10. The minimum absolute atomic E-state index is 0.240. The van der Waals surface area contributed by atoms with Gasteiger partial charge in [-0.3, -0.25) is 4.79 Å². The zero-order valence-electron chi connectivity index (χ0n) is 8.10. The molecule has 0 bridgehead atoms. The first-order chi connectivity index (χ1) is 5.77. The van der Waals surface area contributed by atoms with Gasteiger partial charge in [0.15, 0.2) is 0 Å². The lowest BCUT2D eigenvalue weighted by molar-refractivity contribution is -0.125. The first-order valence-electron chi connectivity index (χ1n) is 4.99. The number of rotatable bonds is 2. The van der Waals surface area contributed by atoms with Gasteiger partial charge in [-0.1, -0.05) is 13.3 Å². The van der Waals surface area contributed by atoms with Gasteiger partial charge in [-0.05, 0) is 31.6 Å². The lowest BCUT2D eigenvalue weighted by atomic mass is 9.80. The van der Waals surface area contributed by atoms with Crippen LogP contribution in [0.25, 0.3) is 0 Å². The summed E-state index contributed by atoms with van der Waals surface area (Å²) in [6.45, 7) is 2.24. The molecule has 0 atom stereocenters. The Morgan fingerprint density at radius 3 is 2.33 bits per heavy atom. The third-order valence-corrected chi connectivity index (χ3v) is 3.04. The topological polar surface area (TPSA) is 29.1 Å². The molecule has 0 saturated heterocycles. The standard InChI is InChI=1S/C10H19NO/c1-3-8-4-6-9(7-5-8)10(12)11-2/h8-9H,3-7H2,1-2H3,(H,11,12)/t8-,9-. The second kappa shape index (κ2) is 4.48. The van der Waals surface area contributed by atoms with E-state index in [1.165, 1.54) is 19.3 Å². The van der Waals surface area contributed by atoms with E-state index in [1.54, 1.807) is 7.05 Å². The van der Waals surface area contributed by atoms with Crippen molar-refractivity contribution in [2.24, 2.45) is 11.8 Å². The van der Waals surface area contributed by atoms with Gasteiger partial charge in [-0.2, -0.15) is 0 Å². The quantitative estimate of drug-likeness (QED) is 0.672. The third-order valence-electron chi connectivity index (χ3n) is 3.04. The number of carbonyl (C=O) groups excluding carboxylic acids is 1. The van der Waals surface area contributed by atoms with Crippen LogP contribution in [-0.2, 0) is 4.79 Å². The van der Waals surface area contributed by atoms with E-state index in [0.29, 0.717) is 5.92 Å². The summed E-state index contributed by atoms with van der Waals surface area (Å²) >= 11 is 0. The first-order valence-corrected chi connectivity index (χ1v) is 4.99. The molecule has 12 heavy (non-hydrogen) atoms.